The summed E-state index contributed by atoms with van der Waals surface area (Å²) in [6.45, 7) is 4.28. The Morgan fingerprint density at radius 3 is 3.07 bits per heavy atom. The highest BCUT2D eigenvalue weighted by molar-refractivity contribution is 5.30. The molecule has 1 aliphatic heterocycles. The van der Waals surface area contributed by atoms with Gasteiger partial charge in [-0.15, -0.1) is 0 Å². The Balaban J connectivity index is 2.14. The molecule has 1 atom stereocenters. The predicted molar refractivity (Wildman–Crippen MR) is 51.0 cm³/mol. The third-order valence-corrected chi connectivity index (χ3v) is 2.37. The second kappa shape index (κ2) is 3.83. The molecule has 0 radical (unpaired) electrons. The van der Waals surface area contributed by atoms with E-state index in [0.717, 1.165) is 13.0 Å². The van der Waals surface area contributed by atoms with Crippen molar-refractivity contribution in [3.8, 4) is 0 Å². The van der Waals surface area contributed by atoms with Crippen molar-refractivity contribution >= 4 is 12.0 Å². The molecule has 2 rings (SSSR count). The molecule has 0 bridgehead atoms. The first-order valence-electron chi connectivity index (χ1n) is 4.74. The number of hydrogen-bond acceptors (Lipinski definition) is 6. The Labute approximate surface area is 82.0 Å². The quantitative estimate of drug-likeness (QED) is 0.734. The van der Waals surface area contributed by atoms with E-state index >= 15 is 0 Å². The van der Waals surface area contributed by atoms with E-state index in [1.807, 2.05) is 4.90 Å². The van der Waals surface area contributed by atoms with Crippen LogP contribution >= 0.6 is 0 Å². The van der Waals surface area contributed by atoms with E-state index in [0.29, 0.717) is 25.3 Å². The van der Waals surface area contributed by atoms with Crippen molar-refractivity contribution in [2.24, 2.45) is 0 Å². The van der Waals surface area contributed by atoms with Gasteiger partial charge in [0.05, 0.1) is 19.3 Å². The van der Waals surface area contributed by atoms with Gasteiger partial charge in [0.15, 0.2) is 0 Å². The third kappa shape index (κ3) is 1.65. The molecule has 6 heteroatoms. The Morgan fingerprint density at radius 2 is 2.43 bits per heavy atom. The predicted octanol–water partition coefficient (Wildman–Crippen LogP) is 0.267. The lowest BCUT2D eigenvalue weighted by molar-refractivity contribution is 0.0902. The van der Waals surface area contributed by atoms with Gasteiger partial charge in [0.25, 0.3) is 0 Å². The highest BCUT2D eigenvalue weighted by Crippen LogP contribution is 2.20. The highest BCUT2D eigenvalue weighted by atomic mass is 16.5. The lowest BCUT2D eigenvalue weighted by Gasteiger charge is -2.33. The van der Waals surface area contributed by atoms with Gasteiger partial charge < -0.3 is 19.8 Å². The maximum atomic E-state index is 5.37. The number of nitrogen functional groups attached to an aromatic ring is 1. The Hall–Kier alpha value is -1.30. The van der Waals surface area contributed by atoms with Gasteiger partial charge in [-0.1, -0.05) is 17.1 Å². The summed E-state index contributed by atoms with van der Waals surface area (Å²) >= 11 is 0. The second-order valence-electron chi connectivity index (χ2n) is 3.25. The zero-order chi connectivity index (χ0) is 9.97. The normalized spacial score (nSPS) is 22.6. The van der Waals surface area contributed by atoms with Gasteiger partial charge in [-0.3, -0.25) is 0 Å². The van der Waals surface area contributed by atoms with E-state index in [1.54, 1.807) is 0 Å². The van der Waals surface area contributed by atoms with E-state index < -0.39 is 0 Å². The Morgan fingerprint density at radius 1 is 1.57 bits per heavy atom. The fourth-order valence-corrected chi connectivity index (χ4v) is 1.59. The van der Waals surface area contributed by atoms with Crippen LogP contribution in [0.2, 0.25) is 0 Å². The molecule has 0 spiro atoms. The van der Waals surface area contributed by atoms with Crippen LogP contribution in [0.15, 0.2) is 4.42 Å². The van der Waals surface area contributed by atoms with Crippen molar-refractivity contribution in [1.82, 2.24) is 10.2 Å². The maximum Gasteiger partial charge on any atom is 0.319 e. The van der Waals surface area contributed by atoms with Crippen LogP contribution in [0.25, 0.3) is 0 Å². The molecule has 6 nitrogen and oxygen atoms in total. The van der Waals surface area contributed by atoms with Gasteiger partial charge in [-0.25, -0.2) is 0 Å². The van der Waals surface area contributed by atoms with Crippen LogP contribution in [0.5, 0.6) is 0 Å². The zero-order valence-corrected chi connectivity index (χ0v) is 8.14. The van der Waals surface area contributed by atoms with Gasteiger partial charge in [-0.2, -0.15) is 0 Å². The van der Waals surface area contributed by atoms with Crippen LogP contribution in [-0.2, 0) is 4.74 Å². The lowest BCUT2D eigenvalue weighted by Crippen LogP contribution is -2.45. The second-order valence-corrected chi connectivity index (χ2v) is 3.25. The molecule has 2 heterocycles. The molecule has 0 aromatic carbocycles. The molecule has 1 aliphatic rings. The molecule has 14 heavy (non-hydrogen) atoms. The van der Waals surface area contributed by atoms with E-state index in [1.165, 1.54) is 0 Å². The number of ether oxygens (including phenoxy) is 1. The summed E-state index contributed by atoms with van der Waals surface area (Å²) in [5, 5.41) is 7.51. The molecule has 1 aromatic rings. The molecule has 0 amide bonds. The van der Waals surface area contributed by atoms with Crippen LogP contribution in [0.1, 0.15) is 13.3 Å². The summed E-state index contributed by atoms with van der Waals surface area (Å²) < 4.78 is 10.5. The largest absolute Gasteiger partial charge is 0.390 e. The molecule has 1 unspecified atom stereocenters. The summed E-state index contributed by atoms with van der Waals surface area (Å²) in [5.74, 6) is 0. The molecule has 0 saturated carbocycles. The molecule has 1 aromatic heterocycles. The standard InChI is InChI=1S/C8H14N4O2/c1-2-6-5-13-4-3-12(6)8-11-10-7(9)14-8/h6H,2-5H2,1H3,(H2,9,10). The summed E-state index contributed by atoms with van der Waals surface area (Å²) in [4.78, 5) is 2.05. The average molecular weight is 198 g/mol. The van der Waals surface area contributed by atoms with Crippen LogP contribution in [0.3, 0.4) is 0 Å². The highest BCUT2D eigenvalue weighted by Gasteiger charge is 2.25. The van der Waals surface area contributed by atoms with Crippen molar-refractivity contribution in [1.29, 1.82) is 0 Å². The van der Waals surface area contributed by atoms with Crippen molar-refractivity contribution < 1.29 is 9.15 Å². The molecule has 1 fully saturated rings. The van der Waals surface area contributed by atoms with Gasteiger partial charge >= 0.3 is 12.0 Å². The smallest absolute Gasteiger partial charge is 0.319 e. The molecule has 1 saturated heterocycles. The number of nitrogens with two attached hydrogens (primary N) is 1. The van der Waals surface area contributed by atoms with Crippen LogP contribution in [-0.4, -0.2) is 36.0 Å². The fraction of sp³-hybridized carbons (Fsp3) is 0.750. The van der Waals surface area contributed by atoms with E-state index in [2.05, 4.69) is 17.1 Å². The summed E-state index contributed by atoms with van der Waals surface area (Å²) in [5.41, 5.74) is 5.37. The number of aromatic nitrogens is 2. The molecular weight excluding hydrogens is 184 g/mol. The lowest BCUT2D eigenvalue weighted by atomic mass is 10.2. The minimum atomic E-state index is 0.112. The first-order chi connectivity index (χ1) is 6.81. The molecule has 0 aliphatic carbocycles. The first-order valence-corrected chi connectivity index (χ1v) is 4.74. The first kappa shape index (κ1) is 9.26. The number of morpholine rings is 1. The van der Waals surface area contributed by atoms with E-state index in [-0.39, 0.29) is 6.01 Å². The van der Waals surface area contributed by atoms with Gasteiger partial charge in [-0.05, 0) is 6.42 Å². The average Bonchev–Trinajstić information content (AvgIpc) is 2.65. The van der Waals surface area contributed by atoms with Crippen LogP contribution in [0, 0.1) is 0 Å². The number of anilines is 2. The van der Waals surface area contributed by atoms with Crippen LogP contribution < -0.4 is 10.6 Å². The third-order valence-electron chi connectivity index (χ3n) is 2.37. The maximum absolute atomic E-state index is 5.37. The van der Waals surface area contributed by atoms with Gasteiger partial charge in [0.2, 0.25) is 0 Å². The van der Waals surface area contributed by atoms with E-state index in [9.17, 15) is 0 Å². The van der Waals surface area contributed by atoms with Crippen molar-refractivity contribution in [3.05, 3.63) is 0 Å². The number of nitrogens with zero attached hydrogens (tertiary/aromatic N) is 3. The molecular formula is C8H14N4O2. The SMILES string of the molecule is CCC1COCCN1c1nnc(N)o1. The Kier molecular flexibility index (Phi) is 2.53. The van der Waals surface area contributed by atoms with E-state index in [4.69, 9.17) is 14.9 Å². The molecule has 78 valence electrons. The monoisotopic (exact) mass is 198 g/mol. The van der Waals surface area contributed by atoms with Crippen LogP contribution in [0.4, 0.5) is 12.0 Å². The fourth-order valence-electron chi connectivity index (χ4n) is 1.59. The summed E-state index contributed by atoms with van der Waals surface area (Å²) in [6.07, 6.45) is 0.988. The number of hydrogen-bond donors (Lipinski definition) is 1. The topological polar surface area (TPSA) is 77.4 Å². The Bertz CT molecular complexity index is 301. The van der Waals surface area contributed by atoms with Gasteiger partial charge in [0.1, 0.15) is 0 Å². The minimum Gasteiger partial charge on any atom is -0.390 e. The summed E-state index contributed by atoms with van der Waals surface area (Å²) in [7, 11) is 0. The minimum absolute atomic E-state index is 0.112. The van der Waals surface area contributed by atoms with Crippen molar-refractivity contribution in [2.45, 2.75) is 19.4 Å². The molecule has 2 N–H and O–H groups in total. The summed E-state index contributed by atoms with van der Waals surface area (Å²) in [6, 6.07) is 0.919. The van der Waals surface area contributed by atoms with Crippen molar-refractivity contribution in [2.75, 3.05) is 30.4 Å². The van der Waals surface area contributed by atoms with Gasteiger partial charge in [0, 0.05) is 6.54 Å². The number of rotatable bonds is 2. The van der Waals surface area contributed by atoms with Crippen molar-refractivity contribution in [3.63, 3.8) is 0 Å². The zero-order valence-electron chi connectivity index (χ0n) is 8.14.